The predicted octanol–water partition coefficient (Wildman–Crippen LogP) is 3.49. The number of carbonyl (C=O) groups is 1. The van der Waals surface area contributed by atoms with Crippen molar-refractivity contribution in [3.63, 3.8) is 0 Å². The molecule has 0 aromatic carbocycles. The monoisotopic (exact) mass is 297 g/mol. The van der Waals surface area contributed by atoms with Gasteiger partial charge in [0.2, 0.25) is 0 Å². The highest BCUT2D eigenvalue weighted by molar-refractivity contribution is 6.69. The van der Waals surface area contributed by atoms with E-state index in [1.807, 2.05) is 0 Å². The van der Waals surface area contributed by atoms with E-state index < -0.39 is 8.32 Å². The third kappa shape index (κ3) is 6.06. The maximum atomic E-state index is 11.1. The minimum absolute atomic E-state index is 0.165. The largest absolute Gasteiger partial charge is 0.463 e. The van der Waals surface area contributed by atoms with E-state index in [0.29, 0.717) is 5.92 Å². The molecule has 0 amide bonds. The molecule has 0 N–H and O–H groups in total. The molecule has 1 saturated carbocycles. The van der Waals surface area contributed by atoms with Crippen LogP contribution in [0.4, 0.5) is 0 Å². The molecule has 0 aliphatic heterocycles. The maximum Gasteiger partial charge on any atom is 0.302 e. The normalized spacial score (nSPS) is 19.9. The molecule has 1 rings (SSSR count). The summed E-state index contributed by atoms with van der Waals surface area (Å²) in [5.41, 5.74) is 0. The highest BCUT2D eigenvalue weighted by Crippen LogP contribution is 2.33. The third-order valence-corrected chi connectivity index (χ3v) is 4.67. The summed E-state index contributed by atoms with van der Waals surface area (Å²) in [6.07, 6.45) is 5.54. The average Bonchev–Trinajstić information content (AvgIpc) is 2.36. The summed E-state index contributed by atoms with van der Waals surface area (Å²) in [5.74, 6) is -0.0958. The van der Waals surface area contributed by atoms with Gasteiger partial charge in [0.05, 0.1) is 18.1 Å². The quantitative estimate of drug-likeness (QED) is 0.556. The molecule has 114 valence electrons. The molecule has 1 fully saturated rings. The van der Waals surface area contributed by atoms with Crippen LogP contribution >= 0.6 is 0 Å². The van der Waals surface area contributed by atoms with Gasteiger partial charge in [0.1, 0.15) is 6.61 Å². The Labute approximate surface area is 123 Å². The first-order chi connectivity index (χ1) is 9.33. The van der Waals surface area contributed by atoms with Gasteiger partial charge in [-0.05, 0) is 38.4 Å². The van der Waals surface area contributed by atoms with Crippen molar-refractivity contribution in [2.24, 2.45) is 11.8 Å². The van der Waals surface area contributed by atoms with E-state index in [9.17, 15) is 10.1 Å². The summed E-state index contributed by atoms with van der Waals surface area (Å²) in [5, 5.41) is 9.56. The van der Waals surface area contributed by atoms with Crippen LogP contribution in [-0.4, -0.2) is 27.0 Å². The minimum Gasteiger partial charge on any atom is -0.463 e. The lowest BCUT2D eigenvalue weighted by Crippen LogP contribution is -2.42. The first-order valence-electron chi connectivity index (χ1n) is 7.54. The Morgan fingerprint density at radius 1 is 1.30 bits per heavy atom. The highest BCUT2D eigenvalue weighted by Gasteiger charge is 2.34. The lowest BCUT2D eigenvalue weighted by atomic mass is 9.78. The number of hydrogen-bond donors (Lipinski definition) is 0. The molecule has 0 aromatic rings. The van der Waals surface area contributed by atoms with Crippen molar-refractivity contribution in [1.29, 1.82) is 5.26 Å². The maximum absolute atomic E-state index is 11.1. The van der Waals surface area contributed by atoms with Gasteiger partial charge < -0.3 is 9.16 Å². The fraction of sp³-hybridized carbons (Fsp3) is 0.867. The van der Waals surface area contributed by atoms with Crippen molar-refractivity contribution < 1.29 is 14.0 Å². The van der Waals surface area contributed by atoms with Gasteiger partial charge in [-0.25, -0.2) is 0 Å². The van der Waals surface area contributed by atoms with E-state index in [4.69, 9.17) is 9.16 Å². The standard InChI is InChI=1S/C15H27NO3Si/c1-12(17)18-11-15(19-20(2,3)4)14(10-16)13-8-6-5-7-9-13/h13-15H,5-9,11H2,1-4H3/t14-,15+/m1/s1. The minimum atomic E-state index is -1.78. The summed E-state index contributed by atoms with van der Waals surface area (Å²) >= 11 is 0. The molecular formula is C15H27NO3Si. The second-order valence-corrected chi connectivity index (χ2v) is 11.1. The number of ether oxygens (including phenoxy) is 1. The van der Waals surface area contributed by atoms with Gasteiger partial charge in [0, 0.05) is 6.92 Å². The fourth-order valence-corrected chi connectivity index (χ4v) is 3.97. The van der Waals surface area contributed by atoms with Crippen molar-refractivity contribution in [3.8, 4) is 6.07 Å². The third-order valence-electron chi connectivity index (χ3n) is 3.66. The van der Waals surface area contributed by atoms with Gasteiger partial charge in [-0.2, -0.15) is 5.26 Å². The Balaban J connectivity index is 2.75. The molecule has 0 spiro atoms. The van der Waals surface area contributed by atoms with E-state index in [-0.39, 0.29) is 24.6 Å². The number of nitrogens with zero attached hydrogens (tertiary/aromatic N) is 1. The molecule has 0 heterocycles. The van der Waals surface area contributed by atoms with Gasteiger partial charge in [0.25, 0.3) is 0 Å². The molecule has 1 aliphatic rings. The number of nitriles is 1. The van der Waals surface area contributed by atoms with Crippen molar-refractivity contribution in [1.82, 2.24) is 0 Å². The first-order valence-corrected chi connectivity index (χ1v) is 10.9. The molecule has 0 unspecified atom stereocenters. The number of rotatable bonds is 6. The summed E-state index contributed by atoms with van der Waals surface area (Å²) in [6, 6.07) is 2.42. The van der Waals surface area contributed by atoms with Crippen LogP contribution in [0.3, 0.4) is 0 Å². The lowest BCUT2D eigenvalue weighted by Gasteiger charge is -2.34. The van der Waals surface area contributed by atoms with Gasteiger partial charge in [-0.15, -0.1) is 0 Å². The number of hydrogen-bond acceptors (Lipinski definition) is 4. The summed E-state index contributed by atoms with van der Waals surface area (Å²) in [7, 11) is -1.78. The van der Waals surface area contributed by atoms with E-state index in [1.165, 1.54) is 26.2 Å². The van der Waals surface area contributed by atoms with E-state index in [2.05, 4.69) is 25.7 Å². The van der Waals surface area contributed by atoms with Crippen LogP contribution in [0.15, 0.2) is 0 Å². The van der Waals surface area contributed by atoms with Crippen LogP contribution in [0.2, 0.25) is 19.6 Å². The smallest absolute Gasteiger partial charge is 0.302 e. The van der Waals surface area contributed by atoms with E-state index >= 15 is 0 Å². The molecule has 4 nitrogen and oxygen atoms in total. The molecule has 0 radical (unpaired) electrons. The second-order valence-electron chi connectivity index (χ2n) is 6.62. The van der Waals surface area contributed by atoms with Crippen molar-refractivity contribution in [2.75, 3.05) is 6.61 Å². The lowest BCUT2D eigenvalue weighted by molar-refractivity contribution is -0.144. The molecule has 0 aromatic heterocycles. The Morgan fingerprint density at radius 2 is 1.90 bits per heavy atom. The van der Waals surface area contributed by atoms with Crippen LogP contribution in [-0.2, 0) is 14.0 Å². The molecule has 20 heavy (non-hydrogen) atoms. The Hall–Kier alpha value is -0.863. The van der Waals surface area contributed by atoms with Crippen molar-refractivity contribution in [2.45, 2.75) is 64.8 Å². The van der Waals surface area contributed by atoms with Crippen molar-refractivity contribution in [3.05, 3.63) is 0 Å². The first kappa shape index (κ1) is 17.2. The van der Waals surface area contributed by atoms with E-state index in [1.54, 1.807) is 0 Å². The second kappa shape index (κ2) is 7.80. The van der Waals surface area contributed by atoms with Gasteiger partial charge in [-0.3, -0.25) is 4.79 Å². The summed E-state index contributed by atoms with van der Waals surface area (Å²) < 4.78 is 11.3. The van der Waals surface area contributed by atoms with Crippen LogP contribution in [0.25, 0.3) is 0 Å². The van der Waals surface area contributed by atoms with Gasteiger partial charge >= 0.3 is 5.97 Å². The molecule has 0 bridgehead atoms. The number of esters is 1. The zero-order chi connectivity index (χ0) is 15.2. The molecular weight excluding hydrogens is 270 g/mol. The average molecular weight is 297 g/mol. The summed E-state index contributed by atoms with van der Waals surface area (Å²) in [4.78, 5) is 11.1. The topological polar surface area (TPSA) is 59.3 Å². The van der Waals surface area contributed by atoms with Crippen LogP contribution in [0.1, 0.15) is 39.0 Å². The Morgan fingerprint density at radius 3 is 2.35 bits per heavy atom. The van der Waals surface area contributed by atoms with Gasteiger partial charge in [0.15, 0.2) is 8.32 Å². The zero-order valence-corrected chi connectivity index (χ0v) is 14.1. The highest BCUT2D eigenvalue weighted by atomic mass is 28.4. The van der Waals surface area contributed by atoms with E-state index in [0.717, 1.165) is 12.8 Å². The summed E-state index contributed by atoms with van der Waals surface area (Å²) in [6.45, 7) is 7.90. The van der Waals surface area contributed by atoms with Crippen LogP contribution in [0.5, 0.6) is 0 Å². The molecule has 5 heteroatoms. The number of carbonyl (C=O) groups excluding carboxylic acids is 1. The van der Waals surface area contributed by atoms with Crippen molar-refractivity contribution >= 4 is 14.3 Å². The predicted molar refractivity (Wildman–Crippen MR) is 80.5 cm³/mol. The Bertz CT molecular complexity index is 353. The zero-order valence-electron chi connectivity index (χ0n) is 13.1. The van der Waals surface area contributed by atoms with Crippen LogP contribution < -0.4 is 0 Å². The molecule has 2 atom stereocenters. The van der Waals surface area contributed by atoms with Gasteiger partial charge in [-0.1, -0.05) is 19.3 Å². The SMILES string of the molecule is CC(=O)OC[C@H](O[Si](C)(C)C)[C@H](C#N)C1CCCCC1. The molecule has 1 aliphatic carbocycles. The fourth-order valence-electron chi connectivity index (χ4n) is 2.85. The van der Waals surface area contributed by atoms with Crippen LogP contribution in [0, 0.1) is 23.2 Å². The molecule has 0 saturated heterocycles. The Kier molecular flexibility index (Phi) is 6.70.